The van der Waals surface area contributed by atoms with Gasteiger partial charge in [-0.05, 0) is 24.5 Å². The van der Waals surface area contributed by atoms with E-state index in [-0.39, 0.29) is 6.42 Å². The van der Waals surface area contributed by atoms with Crippen molar-refractivity contribution in [2.75, 3.05) is 14.2 Å². The van der Waals surface area contributed by atoms with Crippen molar-refractivity contribution >= 4 is 5.97 Å². The molecule has 1 aromatic carbocycles. The van der Waals surface area contributed by atoms with Crippen LogP contribution in [-0.2, 0) is 17.6 Å². The van der Waals surface area contributed by atoms with E-state index in [1.54, 1.807) is 20.3 Å². The Balaban J connectivity index is 3.16. The topological polar surface area (TPSA) is 81.8 Å². The largest absolute Gasteiger partial charge is 0.493 e. The molecular formula is C13H19NO4. The number of aliphatic carboxylic acids is 1. The molecule has 0 saturated heterocycles. The normalized spacial score (nSPS) is 12.0. The number of benzene rings is 1. The number of carboxylic acids is 1. The van der Waals surface area contributed by atoms with E-state index >= 15 is 0 Å². The highest BCUT2D eigenvalue weighted by atomic mass is 16.5. The molecule has 5 nitrogen and oxygen atoms in total. The fraction of sp³-hybridized carbons (Fsp3) is 0.462. The maximum atomic E-state index is 10.8. The zero-order valence-corrected chi connectivity index (χ0v) is 10.9. The molecule has 1 atom stereocenters. The minimum atomic E-state index is -1.01. The molecule has 0 heterocycles. The fourth-order valence-corrected chi connectivity index (χ4v) is 1.93. The third-order valence-corrected chi connectivity index (χ3v) is 2.86. The smallest absolute Gasteiger partial charge is 0.320 e. The summed E-state index contributed by atoms with van der Waals surface area (Å²) in [6.07, 6.45) is 1.00. The van der Waals surface area contributed by atoms with Gasteiger partial charge in [-0.2, -0.15) is 0 Å². The Morgan fingerprint density at radius 2 is 2.06 bits per heavy atom. The number of methoxy groups -OCH3 is 2. The summed E-state index contributed by atoms with van der Waals surface area (Å²) in [5, 5.41) is 8.85. The quantitative estimate of drug-likeness (QED) is 0.796. The van der Waals surface area contributed by atoms with Crippen molar-refractivity contribution in [2.45, 2.75) is 25.8 Å². The van der Waals surface area contributed by atoms with E-state index in [1.165, 1.54) is 0 Å². The molecule has 1 unspecified atom stereocenters. The van der Waals surface area contributed by atoms with Gasteiger partial charge in [0.15, 0.2) is 11.5 Å². The second-order valence-corrected chi connectivity index (χ2v) is 3.94. The first-order valence-electron chi connectivity index (χ1n) is 5.76. The SMILES string of the molecule is CCc1c(CC(N)C(=O)O)ccc(OC)c1OC. The standard InChI is InChI=1S/C13H19NO4/c1-4-9-8(7-10(14)13(15)16)5-6-11(17-2)12(9)18-3/h5-6,10H,4,7,14H2,1-3H3,(H,15,16). The third-order valence-electron chi connectivity index (χ3n) is 2.86. The van der Waals surface area contributed by atoms with Gasteiger partial charge in [-0.25, -0.2) is 0 Å². The first-order valence-corrected chi connectivity index (χ1v) is 5.76. The summed E-state index contributed by atoms with van der Waals surface area (Å²) in [5.74, 6) is 0.281. The van der Waals surface area contributed by atoms with Gasteiger partial charge in [0.2, 0.25) is 0 Å². The molecule has 3 N–H and O–H groups in total. The predicted molar refractivity (Wildman–Crippen MR) is 68.2 cm³/mol. The Morgan fingerprint density at radius 3 is 2.50 bits per heavy atom. The zero-order valence-electron chi connectivity index (χ0n) is 10.9. The summed E-state index contributed by atoms with van der Waals surface area (Å²) in [5.41, 5.74) is 7.38. The van der Waals surface area contributed by atoms with Crippen LogP contribution in [0.3, 0.4) is 0 Å². The molecule has 0 saturated carbocycles. The van der Waals surface area contributed by atoms with E-state index in [1.807, 2.05) is 13.0 Å². The summed E-state index contributed by atoms with van der Waals surface area (Å²) in [6, 6.07) is 2.69. The lowest BCUT2D eigenvalue weighted by Gasteiger charge is -2.17. The molecule has 0 bridgehead atoms. The highest BCUT2D eigenvalue weighted by Crippen LogP contribution is 2.34. The number of carbonyl (C=O) groups is 1. The summed E-state index contributed by atoms with van der Waals surface area (Å²) in [6.45, 7) is 1.98. The number of ether oxygens (including phenoxy) is 2. The Labute approximate surface area is 107 Å². The second kappa shape index (κ2) is 6.26. The van der Waals surface area contributed by atoms with Crippen LogP contribution in [0.5, 0.6) is 11.5 Å². The molecule has 0 aliphatic heterocycles. The highest BCUT2D eigenvalue weighted by Gasteiger charge is 2.18. The molecule has 0 spiro atoms. The lowest BCUT2D eigenvalue weighted by Crippen LogP contribution is -2.32. The lowest BCUT2D eigenvalue weighted by molar-refractivity contribution is -0.138. The summed E-state index contributed by atoms with van der Waals surface area (Å²) in [4.78, 5) is 10.8. The van der Waals surface area contributed by atoms with Gasteiger partial charge in [-0.3, -0.25) is 4.79 Å². The monoisotopic (exact) mass is 253 g/mol. The lowest BCUT2D eigenvalue weighted by atomic mass is 9.97. The number of carboxylic acid groups (broad SMARTS) is 1. The van der Waals surface area contributed by atoms with E-state index < -0.39 is 12.0 Å². The van der Waals surface area contributed by atoms with Gasteiger partial charge in [0, 0.05) is 5.56 Å². The van der Waals surface area contributed by atoms with Crippen LogP contribution in [0.1, 0.15) is 18.1 Å². The van der Waals surface area contributed by atoms with Crippen molar-refractivity contribution in [2.24, 2.45) is 5.73 Å². The number of nitrogens with two attached hydrogens (primary N) is 1. The molecule has 0 aliphatic rings. The van der Waals surface area contributed by atoms with Crippen molar-refractivity contribution in [1.29, 1.82) is 0 Å². The van der Waals surface area contributed by atoms with Crippen LogP contribution in [0.2, 0.25) is 0 Å². The number of hydrogen-bond donors (Lipinski definition) is 2. The molecular weight excluding hydrogens is 234 g/mol. The van der Waals surface area contributed by atoms with Gasteiger partial charge in [0.25, 0.3) is 0 Å². The molecule has 0 fully saturated rings. The van der Waals surface area contributed by atoms with Crippen LogP contribution in [-0.4, -0.2) is 31.3 Å². The summed E-state index contributed by atoms with van der Waals surface area (Å²) >= 11 is 0. The third kappa shape index (κ3) is 2.92. The van der Waals surface area contributed by atoms with Crippen molar-refractivity contribution in [1.82, 2.24) is 0 Å². The highest BCUT2D eigenvalue weighted by molar-refractivity contribution is 5.73. The van der Waals surface area contributed by atoms with Crippen molar-refractivity contribution in [3.63, 3.8) is 0 Å². The summed E-state index contributed by atoms with van der Waals surface area (Å²) in [7, 11) is 3.14. The first kappa shape index (κ1) is 14.3. The van der Waals surface area contributed by atoms with Crippen molar-refractivity contribution in [3.8, 4) is 11.5 Å². The molecule has 0 aliphatic carbocycles. The average Bonchev–Trinajstić information content (AvgIpc) is 2.37. The van der Waals surface area contributed by atoms with Crippen molar-refractivity contribution in [3.05, 3.63) is 23.3 Å². The second-order valence-electron chi connectivity index (χ2n) is 3.94. The van der Waals surface area contributed by atoms with Gasteiger partial charge >= 0.3 is 5.97 Å². The maximum Gasteiger partial charge on any atom is 0.320 e. The van der Waals surface area contributed by atoms with Crippen LogP contribution in [0.25, 0.3) is 0 Å². The van der Waals surface area contributed by atoms with Gasteiger partial charge in [-0.1, -0.05) is 13.0 Å². The average molecular weight is 253 g/mol. The fourth-order valence-electron chi connectivity index (χ4n) is 1.93. The van der Waals surface area contributed by atoms with Gasteiger partial charge in [-0.15, -0.1) is 0 Å². The Morgan fingerprint density at radius 1 is 1.39 bits per heavy atom. The van der Waals surface area contributed by atoms with Gasteiger partial charge < -0.3 is 20.3 Å². The Hall–Kier alpha value is -1.75. The molecule has 5 heteroatoms. The van der Waals surface area contributed by atoms with Gasteiger partial charge in [0.1, 0.15) is 6.04 Å². The molecule has 0 aromatic heterocycles. The van der Waals surface area contributed by atoms with Crippen molar-refractivity contribution < 1.29 is 19.4 Å². The Kier molecular flexibility index (Phi) is 4.97. The Bertz CT molecular complexity index is 431. The first-order chi connectivity index (χ1) is 8.54. The predicted octanol–water partition coefficient (Wildman–Crippen LogP) is 1.22. The van der Waals surface area contributed by atoms with E-state index in [0.717, 1.165) is 17.5 Å². The van der Waals surface area contributed by atoms with Crippen LogP contribution in [0, 0.1) is 0 Å². The molecule has 1 aromatic rings. The molecule has 100 valence electrons. The van der Waals surface area contributed by atoms with Crippen LogP contribution in [0.15, 0.2) is 12.1 Å². The number of rotatable bonds is 6. The molecule has 0 amide bonds. The van der Waals surface area contributed by atoms with E-state index in [4.69, 9.17) is 20.3 Å². The molecule has 1 rings (SSSR count). The zero-order chi connectivity index (χ0) is 13.7. The minimum Gasteiger partial charge on any atom is -0.493 e. The maximum absolute atomic E-state index is 10.8. The number of hydrogen-bond acceptors (Lipinski definition) is 4. The van der Waals surface area contributed by atoms with Crippen LogP contribution < -0.4 is 15.2 Å². The summed E-state index contributed by atoms with van der Waals surface area (Å²) < 4.78 is 10.5. The van der Waals surface area contributed by atoms with Crippen LogP contribution in [0.4, 0.5) is 0 Å². The minimum absolute atomic E-state index is 0.277. The van der Waals surface area contributed by atoms with E-state index in [0.29, 0.717) is 11.5 Å². The molecule has 0 radical (unpaired) electrons. The van der Waals surface area contributed by atoms with Gasteiger partial charge in [0.05, 0.1) is 14.2 Å². The van der Waals surface area contributed by atoms with E-state index in [9.17, 15) is 4.79 Å². The van der Waals surface area contributed by atoms with Crippen LogP contribution >= 0.6 is 0 Å². The molecule has 18 heavy (non-hydrogen) atoms. The van der Waals surface area contributed by atoms with E-state index in [2.05, 4.69) is 0 Å².